The zero-order valence-electron chi connectivity index (χ0n) is 11.9. The maximum Gasteiger partial charge on any atom is 0.233 e. The summed E-state index contributed by atoms with van der Waals surface area (Å²) in [5, 5.41) is 8.10. The number of anilines is 1. The third-order valence-corrected chi connectivity index (χ3v) is 3.55. The van der Waals surface area contributed by atoms with Gasteiger partial charge in [-0.25, -0.2) is 0 Å². The molecule has 0 unspecified atom stereocenters. The summed E-state index contributed by atoms with van der Waals surface area (Å²) in [6.07, 6.45) is 0. The molecule has 0 saturated heterocycles. The number of halogens is 1. The van der Waals surface area contributed by atoms with Gasteiger partial charge in [-0.2, -0.15) is 0 Å². The van der Waals surface area contributed by atoms with Gasteiger partial charge in [-0.1, -0.05) is 59.2 Å². The highest BCUT2D eigenvalue weighted by atomic mass is 35.5. The lowest BCUT2D eigenvalue weighted by atomic mass is 10.0. The number of nitrogens with zero attached hydrogens (tertiary/aromatic N) is 1. The third kappa shape index (κ3) is 2.98. The number of hydrogen-bond acceptors (Lipinski definition) is 4. The summed E-state index contributed by atoms with van der Waals surface area (Å²) in [6, 6.07) is 17.5. The Morgan fingerprint density at radius 3 is 2.41 bits per heavy atom. The predicted octanol–water partition coefficient (Wildman–Crippen LogP) is 4.03. The highest BCUT2D eigenvalue weighted by molar-refractivity contribution is 6.30. The molecule has 0 fully saturated rings. The second kappa shape index (κ2) is 6.64. The number of nitrogens with one attached hydrogen (secondary N) is 1. The molecule has 1 heterocycles. The number of benzene rings is 2. The molecule has 3 N–H and O–H groups in total. The summed E-state index contributed by atoms with van der Waals surface area (Å²) in [5.41, 5.74) is 9.25. The van der Waals surface area contributed by atoms with Crippen molar-refractivity contribution in [2.45, 2.75) is 0 Å². The van der Waals surface area contributed by atoms with Crippen molar-refractivity contribution in [1.82, 2.24) is 5.16 Å². The maximum atomic E-state index is 5.96. The molecule has 0 radical (unpaired) electrons. The third-order valence-electron chi connectivity index (χ3n) is 3.30. The van der Waals surface area contributed by atoms with Crippen LogP contribution in [0.5, 0.6) is 0 Å². The Kier molecular flexibility index (Phi) is 4.42. The number of rotatable bonds is 5. The normalized spacial score (nSPS) is 10.6. The molecule has 0 amide bonds. The topological polar surface area (TPSA) is 64.1 Å². The van der Waals surface area contributed by atoms with Crippen LogP contribution in [0.25, 0.3) is 22.4 Å². The SMILES string of the molecule is NCCNc1onc(-c2ccc(Cl)cc2)c1-c1ccccc1. The molecule has 0 spiro atoms. The Labute approximate surface area is 133 Å². The summed E-state index contributed by atoms with van der Waals surface area (Å²) >= 11 is 5.96. The first kappa shape index (κ1) is 14.6. The minimum atomic E-state index is 0.519. The molecule has 2 aromatic carbocycles. The molecule has 1 aromatic heterocycles. The van der Waals surface area contributed by atoms with Crippen molar-refractivity contribution in [1.29, 1.82) is 0 Å². The number of hydrogen-bond donors (Lipinski definition) is 2. The van der Waals surface area contributed by atoms with Gasteiger partial charge in [0.1, 0.15) is 5.69 Å². The van der Waals surface area contributed by atoms with Gasteiger partial charge in [0.05, 0.1) is 5.56 Å². The van der Waals surface area contributed by atoms with E-state index in [2.05, 4.69) is 10.5 Å². The van der Waals surface area contributed by atoms with Crippen molar-refractivity contribution in [3.63, 3.8) is 0 Å². The van der Waals surface area contributed by atoms with Crippen molar-refractivity contribution in [3.05, 3.63) is 59.6 Å². The van der Waals surface area contributed by atoms with E-state index < -0.39 is 0 Å². The fraction of sp³-hybridized carbons (Fsp3) is 0.118. The zero-order chi connectivity index (χ0) is 15.4. The molecule has 3 aromatic rings. The van der Waals surface area contributed by atoms with Gasteiger partial charge in [-0.15, -0.1) is 0 Å². The Hall–Kier alpha value is -2.30. The van der Waals surface area contributed by atoms with Crippen molar-refractivity contribution in [3.8, 4) is 22.4 Å². The van der Waals surface area contributed by atoms with Crippen molar-refractivity contribution >= 4 is 17.5 Å². The van der Waals surface area contributed by atoms with Crippen LogP contribution in [0.15, 0.2) is 59.1 Å². The van der Waals surface area contributed by atoms with Crippen LogP contribution < -0.4 is 11.1 Å². The van der Waals surface area contributed by atoms with Crippen LogP contribution >= 0.6 is 11.6 Å². The summed E-state index contributed by atoms with van der Waals surface area (Å²) in [4.78, 5) is 0. The van der Waals surface area contributed by atoms with Crippen molar-refractivity contribution < 1.29 is 4.52 Å². The molecule has 0 aliphatic carbocycles. The van der Waals surface area contributed by atoms with Gasteiger partial charge in [0.15, 0.2) is 0 Å². The summed E-state index contributed by atoms with van der Waals surface area (Å²) in [6.45, 7) is 1.14. The van der Waals surface area contributed by atoms with Crippen LogP contribution in [0.4, 0.5) is 5.88 Å². The predicted molar refractivity (Wildman–Crippen MR) is 89.9 cm³/mol. The van der Waals surface area contributed by atoms with E-state index >= 15 is 0 Å². The zero-order valence-corrected chi connectivity index (χ0v) is 12.7. The van der Waals surface area contributed by atoms with E-state index in [1.165, 1.54) is 0 Å². The molecule has 22 heavy (non-hydrogen) atoms. The first-order valence-corrected chi connectivity index (χ1v) is 7.42. The van der Waals surface area contributed by atoms with Gasteiger partial charge in [-0.05, 0) is 17.7 Å². The molecule has 5 heteroatoms. The summed E-state index contributed by atoms with van der Waals surface area (Å²) in [5.74, 6) is 0.626. The largest absolute Gasteiger partial charge is 0.352 e. The lowest BCUT2D eigenvalue weighted by Crippen LogP contribution is -2.13. The number of aromatic nitrogens is 1. The molecular formula is C17H16ClN3O. The molecule has 0 bridgehead atoms. The van der Waals surface area contributed by atoms with Crippen LogP contribution in [0, 0.1) is 0 Å². The van der Waals surface area contributed by atoms with E-state index in [4.69, 9.17) is 21.9 Å². The van der Waals surface area contributed by atoms with E-state index in [0.29, 0.717) is 24.0 Å². The maximum absolute atomic E-state index is 5.96. The average Bonchev–Trinajstić information content (AvgIpc) is 2.98. The van der Waals surface area contributed by atoms with E-state index in [0.717, 1.165) is 22.4 Å². The fourth-order valence-corrected chi connectivity index (χ4v) is 2.40. The van der Waals surface area contributed by atoms with Crippen LogP contribution in [-0.2, 0) is 0 Å². The first-order valence-electron chi connectivity index (χ1n) is 7.04. The minimum Gasteiger partial charge on any atom is -0.352 e. The summed E-state index contributed by atoms with van der Waals surface area (Å²) in [7, 11) is 0. The quantitative estimate of drug-likeness (QED) is 0.746. The first-order chi connectivity index (χ1) is 10.8. The van der Waals surface area contributed by atoms with Gasteiger partial charge in [0, 0.05) is 23.7 Å². The van der Waals surface area contributed by atoms with Gasteiger partial charge < -0.3 is 15.6 Å². The average molecular weight is 314 g/mol. The fourth-order valence-electron chi connectivity index (χ4n) is 2.27. The molecule has 4 nitrogen and oxygen atoms in total. The molecule has 112 valence electrons. The van der Waals surface area contributed by atoms with E-state index in [9.17, 15) is 0 Å². The van der Waals surface area contributed by atoms with Crippen LogP contribution in [0.2, 0.25) is 5.02 Å². The Morgan fingerprint density at radius 2 is 1.73 bits per heavy atom. The lowest BCUT2D eigenvalue weighted by molar-refractivity contribution is 0.435. The monoisotopic (exact) mass is 313 g/mol. The van der Waals surface area contributed by atoms with E-state index in [-0.39, 0.29) is 0 Å². The molecule has 0 atom stereocenters. The van der Waals surface area contributed by atoms with Crippen LogP contribution in [0.3, 0.4) is 0 Å². The molecule has 0 saturated carbocycles. The Morgan fingerprint density at radius 1 is 1.00 bits per heavy atom. The van der Waals surface area contributed by atoms with Crippen molar-refractivity contribution in [2.75, 3.05) is 18.4 Å². The second-order valence-corrected chi connectivity index (χ2v) is 5.26. The molecular weight excluding hydrogens is 298 g/mol. The standard InChI is InChI=1S/C17H16ClN3O/c18-14-8-6-13(7-9-14)16-15(12-4-2-1-3-5-12)17(22-21-16)20-11-10-19/h1-9,20H,10-11,19H2. The van der Waals surface area contributed by atoms with Gasteiger partial charge in [0.2, 0.25) is 5.88 Å². The Bertz CT molecular complexity index is 738. The smallest absolute Gasteiger partial charge is 0.233 e. The summed E-state index contributed by atoms with van der Waals surface area (Å²) < 4.78 is 5.49. The van der Waals surface area contributed by atoms with E-state index in [1.807, 2.05) is 54.6 Å². The molecule has 3 rings (SSSR count). The van der Waals surface area contributed by atoms with Gasteiger partial charge in [-0.3, -0.25) is 0 Å². The Balaban J connectivity index is 2.10. The highest BCUT2D eigenvalue weighted by Gasteiger charge is 2.18. The number of nitrogens with two attached hydrogens (primary N) is 1. The second-order valence-electron chi connectivity index (χ2n) is 4.82. The highest BCUT2D eigenvalue weighted by Crippen LogP contribution is 2.37. The van der Waals surface area contributed by atoms with Gasteiger partial charge in [0.25, 0.3) is 0 Å². The minimum absolute atomic E-state index is 0.519. The molecule has 0 aliphatic rings. The lowest BCUT2D eigenvalue weighted by Gasteiger charge is -2.06. The van der Waals surface area contributed by atoms with E-state index in [1.54, 1.807) is 0 Å². The van der Waals surface area contributed by atoms with Gasteiger partial charge >= 0.3 is 0 Å². The van der Waals surface area contributed by atoms with Crippen LogP contribution in [0.1, 0.15) is 0 Å². The van der Waals surface area contributed by atoms with Crippen LogP contribution in [-0.4, -0.2) is 18.2 Å². The van der Waals surface area contributed by atoms with Crippen molar-refractivity contribution in [2.24, 2.45) is 5.73 Å². The molecule has 0 aliphatic heterocycles.